The Labute approximate surface area is 179 Å². The molecule has 1 N–H and O–H groups in total. The van der Waals surface area contributed by atoms with E-state index in [1.807, 2.05) is 78.9 Å². The summed E-state index contributed by atoms with van der Waals surface area (Å²) in [5, 5.41) is 3.76. The van der Waals surface area contributed by atoms with Gasteiger partial charge in [-0.1, -0.05) is 48.5 Å². The Balaban J connectivity index is 1.31. The zero-order valence-electron chi connectivity index (χ0n) is 16.7. The topological polar surface area (TPSA) is 69.9 Å². The molecule has 156 valence electrons. The third kappa shape index (κ3) is 4.05. The van der Waals surface area contributed by atoms with E-state index in [-0.39, 0.29) is 24.4 Å². The number of amides is 1. The Kier molecular flexibility index (Phi) is 5.19. The lowest BCUT2D eigenvalue weighted by Crippen LogP contribution is -2.40. The summed E-state index contributed by atoms with van der Waals surface area (Å²) >= 11 is 0. The lowest BCUT2D eigenvalue weighted by atomic mass is 10.1. The minimum Gasteiger partial charge on any atom is -0.489 e. The molecule has 0 bridgehead atoms. The lowest BCUT2D eigenvalue weighted by Gasteiger charge is -2.26. The number of benzene rings is 3. The van der Waals surface area contributed by atoms with Crippen molar-refractivity contribution in [1.82, 2.24) is 5.32 Å². The zero-order chi connectivity index (χ0) is 21.0. The van der Waals surface area contributed by atoms with Crippen LogP contribution >= 0.6 is 0 Å². The monoisotopic (exact) mass is 415 g/mol. The molecule has 1 amide bonds. The van der Waals surface area contributed by atoms with Crippen LogP contribution in [0.25, 0.3) is 11.0 Å². The normalized spacial score (nSPS) is 14.9. The van der Waals surface area contributed by atoms with Crippen LogP contribution in [0.15, 0.2) is 83.3 Å². The molecule has 1 aliphatic rings. The van der Waals surface area contributed by atoms with Gasteiger partial charge in [0, 0.05) is 10.9 Å². The summed E-state index contributed by atoms with van der Waals surface area (Å²) < 4.78 is 23.4. The van der Waals surface area contributed by atoms with Gasteiger partial charge in [-0.2, -0.15) is 0 Å². The number of rotatable bonds is 6. The third-order valence-electron chi connectivity index (χ3n) is 5.09. The summed E-state index contributed by atoms with van der Waals surface area (Å²) in [7, 11) is 0. The smallest absolute Gasteiger partial charge is 0.287 e. The number of nitrogens with one attached hydrogen (secondary N) is 1. The summed E-state index contributed by atoms with van der Waals surface area (Å²) in [6.45, 7) is 0.880. The van der Waals surface area contributed by atoms with E-state index in [9.17, 15) is 4.79 Å². The number of furan rings is 1. The number of carbonyl (C=O) groups is 1. The zero-order valence-corrected chi connectivity index (χ0v) is 16.7. The quantitative estimate of drug-likeness (QED) is 0.499. The van der Waals surface area contributed by atoms with Crippen molar-refractivity contribution in [3.05, 3.63) is 90.2 Å². The van der Waals surface area contributed by atoms with Crippen molar-refractivity contribution in [2.45, 2.75) is 12.7 Å². The predicted molar refractivity (Wildman–Crippen MR) is 116 cm³/mol. The minimum absolute atomic E-state index is 0.222. The van der Waals surface area contributed by atoms with Gasteiger partial charge in [0.05, 0.1) is 6.54 Å². The van der Waals surface area contributed by atoms with Crippen molar-refractivity contribution in [2.24, 2.45) is 0 Å². The van der Waals surface area contributed by atoms with Crippen LogP contribution in [0.5, 0.6) is 17.2 Å². The van der Waals surface area contributed by atoms with Gasteiger partial charge in [0.1, 0.15) is 30.7 Å². The fraction of sp³-hybridized carbons (Fsp3) is 0.160. The summed E-state index contributed by atoms with van der Waals surface area (Å²) in [5.41, 5.74) is 1.36. The maximum Gasteiger partial charge on any atom is 0.287 e. The molecule has 6 nitrogen and oxygen atoms in total. The fourth-order valence-corrected chi connectivity index (χ4v) is 3.55. The highest BCUT2D eigenvalue weighted by Gasteiger charge is 2.24. The van der Waals surface area contributed by atoms with Crippen molar-refractivity contribution in [1.29, 1.82) is 0 Å². The molecule has 0 saturated heterocycles. The largest absolute Gasteiger partial charge is 0.489 e. The molecule has 1 aromatic heterocycles. The van der Waals surface area contributed by atoms with Gasteiger partial charge in [0.15, 0.2) is 17.3 Å². The molecule has 0 saturated carbocycles. The van der Waals surface area contributed by atoms with Crippen molar-refractivity contribution in [3.8, 4) is 17.2 Å². The fourth-order valence-electron chi connectivity index (χ4n) is 3.55. The highest BCUT2D eigenvalue weighted by molar-refractivity contribution is 5.99. The number of fused-ring (bicyclic) bond motifs is 2. The Morgan fingerprint density at radius 3 is 2.55 bits per heavy atom. The van der Waals surface area contributed by atoms with Crippen molar-refractivity contribution < 1.29 is 23.4 Å². The van der Waals surface area contributed by atoms with E-state index in [4.69, 9.17) is 18.6 Å². The van der Waals surface area contributed by atoms with Gasteiger partial charge in [-0.15, -0.1) is 0 Å². The van der Waals surface area contributed by atoms with Crippen molar-refractivity contribution >= 4 is 16.9 Å². The number of ether oxygens (including phenoxy) is 3. The third-order valence-corrected chi connectivity index (χ3v) is 5.09. The Morgan fingerprint density at radius 2 is 1.68 bits per heavy atom. The van der Waals surface area contributed by atoms with E-state index < -0.39 is 0 Å². The molecule has 2 heterocycles. The summed E-state index contributed by atoms with van der Waals surface area (Å²) in [6.07, 6.45) is -0.285. The maximum absolute atomic E-state index is 13.0. The molecule has 3 aromatic carbocycles. The first-order chi connectivity index (χ1) is 15.3. The second kappa shape index (κ2) is 8.44. The van der Waals surface area contributed by atoms with Crippen LogP contribution in [0, 0.1) is 0 Å². The molecular weight excluding hydrogens is 394 g/mol. The maximum atomic E-state index is 13.0. The van der Waals surface area contributed by atoms with E-state index in [2.05, 4.69) is 5.32 Å². The van der Waals surface area contributed by atoms with Gasteiger partial charge >= 0.3 is 0 Å². The Bertz CT molecular complexity index is 1200. The number of hydrogen-bond donors (Lipinski definition) is 1. The van der Waals surface area contributed by atoms with Gasteiger partial charge in [0.25, 0.3) is 5.91 Å². The average molecular weight is 415 g/mol. The number of para-hydroxylation sites is 4. The highest BCUT2D eigenvalue weighted by Crippen LogP contribution is 2.31. The minimum atomic E-state index is -0.315. The van der Waals surface area contributed by atoms with Crippen LogP contribution in [-0.2, 0) is 6.61 Å². The van der Waals surface area contributed by atoms with Crippen LogP contribution in [0.1, 0.15) is 16.1 Å². The van der Waals surface area contributed by atoms with Crippen molar-refractivity contribution in [2.75, 3.05) is 13.2 Å². The molecule has 4 aromatic rings. The molecule has 0 radical (unpaired) electrons. The molecule has 0 aliphatic carbocycles. The SMILES string of the molecule is O=C(NC[C@H]1COc2ccccc2O1)c1oc2ccccc2c1COc1ccccc1. The van der Waals surface area contributed by atoms with E-state index in [0.717, 1.165) is 11.1 Å². The standard InChI is InChI=1S/C25H21NO5/c27-25(26-14-18-15-29-22-12-6-7-13-23(22)30-18)24-20(16-28-17-8-2-1-3-9-17)19-10-4-5-11-21(19)31-24/h1-13,18H,14-16H2,(H,26,27)/t18-/m0/s1. The summed E-state index contributed by atoms with van der Waals surface area (Å²) in [6, 6.07) is 24.5. The molecule has 0 spiro atoms. The first-order valence-electron chi connectivity index (χ1n) is 10.1. The second-order valence-electron chi connectivity index (χ2n) is 7.22. The molecular formula is C25H21NO5. The van der Waals surface area contributed by atoms with Gasteiger partial charge < -0.3 is 23.9 Å². The van der Waals surface area contributed by atoms with E-state index >= 15 is 0 Å². The van der Waals surface area contributed by atoms with Crippen LogP contribution in [0.4, 0.5) is 0 Å². The second-order valence-corrected chi connectivity index (χ2v) is 7.22. The molecule has 0 fully saturated rings. The van der Waals surface area contributed by atoms with Gasteiger partial charge in [-0.3, -0.25) is 4.79 Å². The Hall–Kier alpha value is -3.93. The molecule has 5 rings (SSSR count). The van der Waals surface area contributed by atoms with Gasteiger partial charge in [0.2, 0.25) is 0 Å². The molecule has 31 heavy (non-hydrogen) atoms. The van der Waals surface area contributed by atoms with Crippen molar-refractivity contribution in [3.63, 3.8) is 0 Å². The van der Waals surface area contributed by atoms with Crippen LogP contribution in [0.2, 0.25) is 0 Å². The molecule has 1 atom stereocenters. The van der Waals surface area contributed by atoms with Gasteiger partial charge in [-0.05, 0) is 30.3 Å². The predicted octanol–water partition coefficient (Wildman–Crippen LogP) is 4.58. The number of carbonyl (C=O) groups excluding carboxylic acids is 1. The lowest BCUT2D eigenvalue weighted by molar-refractivity contribution is 0.0772. The van der Waals surface area contributed by atoms with Crippen LogP contribution in [0.3, 0.4) is 0 Å². The van der Waals surface area contributed by atoms with Crippen LogP contribution < -0.4 is 19.5 Å². The van der Waals surface area contributed by atoms with E-state index in [1.54, 1.807) is 0 Å². The molecule has 1 aliphatic heterocycles. The Morgan fingerprint density at radius 1 is 0.935 bits per heavy atom. The van der Waals surface area contributed by atoms with E-state index in [1.165, 1.54) is 0 Å². The summed E-state index contributed by atoms with van der Waals surface area (Å²) in [4.78, 5) is 13.0. The molecule has 6 heteroatoms. The van der Waals surface area contributed by atoms with Gasteiger partial charge in [-0.25, -0.2) is 0 Å². The van der Waals surface area contributed by atoms with Crippen LogP contribution in [-0.4, -0.2) is 25.2 Å². The summed E-state index contributed by atoms with van der Waals surface area (Å²) in [5.74, 6) is 2.04. The molecule has 0 unspecified atom stereocenters. The first-order valence-corrected chi connectivity index (χ1v) is 10.1. The van der Waals surface area contributed by atoms with E-state index in [0.29, 0.717) is 35.8 Å². The average Bonchev–Trinajstić information content (AvgIpc) is 3.20. The number of hydrogen-bond acceptors (Lipinski definition) is 5. The first kappa shape index (κ1) is 19.1. The highest BCUT2D eigenvalue weighted by atomic mass is 16.6.